The summed E-state index contributed by atoms with van der Waals surface area (Å²) in [5.74, 6) is 0. The summed E-state index contributed by atoms with van der Waals surface area (Å²) in [4.78, 5) is 0. The van der Waals surface area contributed by atoms with Gasteiger partial charge in [-0.3, -0.25) is 0 Å². The molecule has 2 atom stereocenters. The predicted molar refractivity (Wildman–Crippen MR) is 57.4 cm³/mol. The Balaban J connectivity index is 1.98. The minimum atomic E-state index is 0.272. The monoisotopic (exact) mass is 205 g/mol. The molecule has 2 unspecified atom stereocenters. The van der Waals surface area contributed by atoms with Crippen LogP contribution in [0.2, 0.25) is 0 Å². The third-order valence-electron chi connectivity index (χ3n) is 2.59. The summed E-state index contributed by atoms with van der Waals surface area (Å²) in [5, 5.41) is 3.46. The van der Waals surface area contributed by atoms with Crippen LogP contribution in [0.3, 0.4) is 0 Å². The van der Waals surface area contributed by atoms with E-state index in [-0.39, 0.29) is 12.1 Å². The molecule has 0 fully saturated rings. The molecule has 0 saturated carbocycles. The first-order valence-corrected chi connectivity index (χ1v) is 5.07. The van der Waals surface area contributed by atoms with Gasteiger partial charge in [-0.25, -0.2) is 0 Å². The van der Waals surface area contributed by atoms with E-state index in [9.17, 15) is 0 Å². The van der Waals surface area contributed by atoms with E-state index in [1.54, 1.807) is 25.1 Å². The summed E-state index contributed by atoms with van der Waals surface area (Å²) in [7, 11) is 0. The summed E-state index contributed by atoms with van der Waals surface area (Å²) in [5.41, 5.74) is 2.32. The van der Waals surface area contributed by atoms with Gasteiger partial charge < -0.3 is 14.2 Å². The van der Waals surface area contributed by atoms with Crippen molar-refractivity contribution < 1.29 is 8.83 Å². The van der Waals surface area contributed by atoms with Crippen molar-refractivity contribution in [3.05, 3.63) is 48.3 Å². The summed E-state index contributed by atoms with van der Waals surface area (Å²) >= 11 is 0. The lowest BCUT2D eigenvalue weighted by Gasteiger charge is -2.17. The second kappa shape index (κ2) is 4.36. The molecule has 15 heavy (non-hydrogen) atoms. The number of hydrogen-bond donors (Lipinski definition) is 1. The molecule has 3 heteroatoms. The molecular weight excluding hydrogens is 190 g/mol. The van der Waals surface area contributed by atoms with Crippen LogP contribution in [0.15, 0.2) is 46.0 Å². The van der Waals surface area contributed by atoms with E-state index in [0.717, 1.165) is 11.1 Å². The van der Waals surface area contributed by atoms with E-state index >= 15 is 0 Å². The zero-order chi connectivity index (χ0) is 10.7. The zero-order valence-corrected chi connectivity index (χ0v) is 8.94. The fourth-order valence-electron chi connectivity index (χ4n) is 1.61. The standard InChI is InChI=1S/C12H15NO2/c1-9(11-3-5-14-7-11)13-10(2)12-4-6-15-8-12/h3-10,13H,1-2H3. The van der Waals surface area contributed by atoms with Crippen molar-refractivity contribution in [2.75, 3.05) is 0 Å². The van der Waals surface area contributed by atoms with Gasteiger partial charge in [0.1, 0.15) is 0 Å². The molecule has 0 bridgehead atoms. The van der Waals surface area contributed by atoms with Crippen molar-refractivity contribution in [2.24, 2.45) is 0 Å². The molecule has 0 aliphatic heterocycles. The molecule has 3 nitrogen and oxygen atoms in total. The molecule has 0 radical (unpaired) electrons. The fourth-order valence-corrected chi connectivity index (χ4v) is 1.61. The van der Waals surface area contributed by atoms with Gasteiger partial charge in [0, 0.05) is 23.2 Å². The molecule has 0 saturated heterocycles. The van der Waals surface area contributed by atoms with Crippen molar-refractivity contribution in [3.8, 4) is 0 Å². The third-order valence-corrected chi connectivity index (χ3v) is 2.59. The molecule has 0 amide bonds. The normalized spacial score (nSPS) is 15.1. The highest BCUT2D eigenvalue weighted by Gasteiger charge is 2.12. The molecule has 0 aromatic carbocycles. The lowest BCUT2D eigenvalue weighted by Crippen LogP contribution is -2.21. The number of nitrogens with one attached hydrogen (secondary N) is 1. The van der Waals surface area contributed by atoms with E-state index < -0.39 is 0 Å². The van der Waals surface area contributed by atoms with Gasteiger partial charge in [-0.2, -0.15) is 0 Å². The molecule has 0 aliphatic carbocycles. The van der Waals surface area contributed by atoms with Crippen LogP contribution in [0.25, 0.3) is 0 Å². The van der Waals surface area contributed by atoms with Gasteiger partial charge in [0.2, 0.25) is 0 Å². The molecule has 0 aliphatic rings. The topological polar surface area (TPSA) is 38.3 Å². The van der Waals surface area contributed by atoms with E-state index in [1.165, 1.54) is 0 Å². The Hall–Kier alpha value is -1.48. The number of furan rings is 2. The van der Waals surface area contributed by atoms with Crippen LogP contribution in [-0.4, -0.2) is 0 Å². The molecule has 80 valence electrons. The summed E-state index contributed by atoms with van der Waals surface area (Å²) in [6, 6.07) is 4.49. The van der Waals surface area contributed by atoms with Crippen LogP contribution in [0, 0.1) is 0 Å². The second-order valence-electron chi connectivity index (χ2n) is 3.72. The first-order valence-electron chi connectivity index (χ1n) is 5.07. The number of rotatable bonds is 4. The zero-order valence-electron chi connectivity index (χ0n) is 8.94. The quantitative estimate of drug-likeness (QED) is 0.832. The van der Waals surface area contributed by atoms with E-state index in [2.05, 4.69) is 19.2 Å². The van der Waals surface area contributed by atoms with Crippen molar-refractivity contribution in [3.63, 3.8) is 0 Å². The summed E-state index contributed by atoms with van der Waals surface area (Å²) in [6.45, 7) is 4.23. The second-order valence-corrected chi connectivity index (χ2v) is 3.72. The van der Waals surface area contributed by atoms with Crippen molar-refractivity contribution in [1.29, 1.82) is 0 Å². The van der Waals surface area contributed by atoms with E-state index in [1.807, 2.05) is 12.1 Å². The molecule has 2 heterocycles. The summed E-state index contributed by atoms with van der Waals surface area (Å²) < 4.78 is 10.1. The van der Waals surface area contributed by atoms with Crippen LogP contribution >= 0.6 is 0 Å². The lowest BCUT2D eigenvalue weighted by atomic mass is 10.1. The van der Waals surface area contributed by atoms with Crippen LogP contribution < -0.4 is 5.32 Å². The number of hydrogen-bond acceptors (Lipinski definition) is 3. The highest BCUT2D eigenvalue weighted by molar-refractivity contribution is 5.14. The molecule has 1 N–H and O–H groups in total. The largest absolute Gasteiger partial charge is 0.472 e. The predicted octanol–water partition coefficient (Wildman–Crippen LogP) is 3.28. The van der Waals surface area contributed by atoms with Crippen LogP contribution in [0.4, 0.5) is 0 Å². The van der Waals surface area contributed by atoms with Crippen molar-refractivity contribution >= 4 is 0 Å². The molecule has 0 spiro atoms. The van der Waals surface area contributed by atoms with Gasteiger partial charge in [0.05, 0.1) is 25.1 Å². The Labute approximate surface area is 89.1 Å². The van der Waals surface area contributed by atoms with Crippen LogP contribution in [0.1, 0.15) is 37.1 Å². The SMILES string of the molecule is CC(NC(C)c1ccoc1)c1ccoc1. The van der Waals surface area contributed by atoms with Crippen molar-refractivity contribution in [1.82, 2.24) is 5.32 Å². The Kier molecular flexibility index (Phi) is 2.92. The van der Waals surface area contributed by atoms with Crippen LogP contribution in [-0.2, 0) is 0 Å². The first kappa shape index (κ1) is 10.1. The van der Waals surface area contributed by atoms with Gasteiger partial charge in [-0.1, -0.05) is 0 Å². The Morgan fingerprint density at radius 1 is 0.933 bits per heavy atom. The smallest absolute Gasteiger partial charge is 0.0950 e. The fraction of sp³-hybridized carbons (Fsp3) is 0.333. The lowest BCUT2D eigenvalue weighted by molar-refractivity contribution is 0.479. The minimum Gasteiger partial charge on any atom is -0.472 e. The van der Waals surface area contributed by atoms with Crippen molar-refractivity contribution in [2.45, 2.75) is 25.9 Å². The molecular formula is C12H15NO2. The summed E-state index contributed by atoms with van der Waals surface area (Å²) in [6.07, 6.45) is 6.91. The molecule has 2 aromatic rings. The van der Waals surface area contributed by atoms with Crippen LogP contribution in [0.5, 0.6) is 0 Å². The Morgan fingerprint density at radius 3 is 1.73 bits per heavy atom. The third kappa shape index (κ3) is 2.30. The van der Waals surface area contributed by atoms with Gasteiger partial charge in [0.25, 0.3) is 0 Å². The maximum atomic E-state index is 5.05. The minimum absolute atomic E-state index is 0.272. The Morgan fingerprint density at radius 2 is 1.40 bits per heavy atom. The maximum absolute atomic E-state index is 5.05. The van der Waals surface area contributed by atoms with E-state index in [4.69, 9.17) is 8.83 Å². The molecule has 2 aromatic heterocycles. The average Bonchev–Trinajstić information content (AvgIpc) is 2.91. The Bertz CT molecular complexity index is 339. The highest BCUT2D eigenvalue weighted by Crippen LogP contribution is 2.19. The average molecular weight is 205 g/mol. The maximum Gasteiger partial charge on any atom is 0.0950 e. The van der Waals surface area contributed by atoms with Gasteiger partial charge in [0.15, 0.2) is 0 Å². The van der Waals surface area contributed by atoms with E-state index in [0.29, 0.717) is 0 Å². The highest BCUT2D eigenvalue weighted by atomic mass is 16.3. The first-order chi connectivity index (χ1) is 7.27. The van der Waals surface area contributed by atoms with Gasteiger partial charge in [-0.05, 0) is 26.0 Å². The van der Waals surface area contributed by atoms with Gasteiger partial charge in [-0.15, -0.1) is 0 Å². The molecule has 2 rings (SSSR count). The van der Waals surface area contributed by atoms with Gasteiger partial charge >= 0.3 is 0 Å².